The summed E-state index contributed by atoms with van der Waals surface area (Å²) in [6.45, 7) is 8.14. The zero-order valence-electron chi connectivity index (χ0n) is 10.9. The van der Waals surface area contributed by atoms with E-state index in [1.54, 1.807) is 0 Å². The standard InChI is InChI=1S/C15H19NO/c1-9-6-5-7-13(11(9)3)15(16)14-8-10(2)17-12(14)4/h5-8,15H,16H2,1-4H3. The molecular formula is C15H19NO. The van der Waals surface area contributed by atoms with Crippen LogP contribution in [0.3, 0.4) is 0 Å². The quantitative estimate of drug-likeness (QED) is 0.855. The molecule has 17 heavy (non-hydrogen) atoms. The normalized spacial score (nSPS) is 12.8. The Hall–Kier alpha value is -1.54. The van der Waals surface area contributed by atoms with Gasteiger partial charge in [0, 0.05) is 5.56 Å². The van der Waals surface area contributed by atoms with E-state index in [1.165, 1.54) is 16.7 Å². The lowest BCUT2D eigenvalue weighted by Gasteiger charge is -2.15. The van der Waals surface area contributed by atoms with Gasteiger partial charge in [-0.25, -0.2) is 0 Å². The molecule has 0 spiro atoms. The van der Waals surface area contributed by atoms with E-state index < -0.39 is 0 Å². The Morgan fingerprint density at radius 3 is 2.35 bits per heavy atom. The zero-order valence-corrected chi connectivity index (χ0v) is 10.9. The second-order valence-corrected chi connectivity index (χ2v) is 4.64. The molecule has 1 heterocycles. The molecule has 2 aromatic rings. The summed E-state index contributed by atoms with van der Waals surface area (Å²) < 4.78 is 5.55. The first kappa shape index (κ1) is 11.9. The third-order valence-corrected chi connectivity index (χ3v) is 3.40. The van der Waals surface area contributed by atoms with E-state index in [4.69, 9.17) is 10.2 Å². The average Bonchev–Trinajstić information content (AvgIpc) is 2.61. The van der Waals surface area contributed by atoms with Crippen molar-refractivity contribution in [2.24, 2.45) is 5.73 Å². The lowest BCUT2D eigenvalue weighted by Crippen LogP contribution is -2.14. The Bertz CT molecular complexity index is 540. The molecule has 0 saturated carbocycles. The third kappa shape index (κ3) is 2.13. The van der Waals surface area contributed by atoms with Crippen LogP contribution in [0.15, 0.2) is 28.7 Å². The molecule has 0 aliphatic rings. The molecule has 90 valence electrons. The van der Waals surface area contributed by atoms with Gasteiger partial charge < -0.3 is 10.2 Å². The van der Waals surface area contributed by atoms with Crippen LogP contribution in [-0.2, 0) is 0 Å². The van der Waals surface area contributed by atoms with E-state index in [9.17, 15) is 0 Å². The lowest BCUT2D eigenvalue weighted by atomic mass is 9.93. The molecule has 1 aromatic heterocycles. The summed E-state index contributed by atoms with van der Waals surface area (Å²) in [4.78, 5) is 0. The van der Waals surface area contributed by atoms with Crippen molar-refractivity contribution >= 4 is 0 Å². The van der Waals surface area contributed by atoms with Gasteiger partial charge in [0.15, 0.2) is 0 Å². The minimum absolute atomic E-state index is 0.104. The van der Waals surface area contributed by atoms with Gasteiger partial charge in [0.05, 0.1) is 6.04 Å². The van der Waals surface area contributed by atoms with Crippen molar-refractivity contribution in [1.82, 2.24) is 0 Å². The van der Waals surface area contributed by atoms with Gasteiger partial charge in [0.1, 0.15) is 11.5 Å². The molecule has 1 atom stereocenters. The summed E-state index contributed by atoms with van der Waals surface area (Å²) in [6, 6.07) is 8.18. The first-order valence-electron chi connectivity index (χ1n) is 5.89. The molecule has 0 bridgehead atoms. The molecule has 0 aliphatic carbocycles. The molecule has 1 aromatic carbocycles. The maximum Gasteiger partial charge on any atom is 0.106 e. The van der Waals surface area contributed by atoms with Crippen molar-refractivity contribution in [1.29, 1.82) is 0 Å². The van der Waals surface area contributed by atoms with E-state index in [0.717, 1.165) is 17.1 Å². The van der Waals surface area contributed by atoms with Gasteiger partial charge in [0.25, 0.3) is 0 Å². The second kappa shape index (κ2) is 4.38. The minimum atomic E-state index is -0.104. The van der Waals surface area contributed by atoms with Crippen LogP contribution in [0.2, 0.25) is 0 Å². The van der Waals surface area contributed by atoms with Crippen molar-refractivity contribution in [2.45, 2.75) is 33.7 Å². The van der Waals surface area contributed by atoms with Crippen LogP contribution in [0.4, 0.5) is 0 Å². The molecule has 2 N–H and O–H groups in total. The fraction of sp³-hybridized carbons (Fsp3) is 0.333. The Morgan fingerprint density at radius 1 is 1.06 bits per heavy atom. The first-order valence-corrected chi connectivity index (χ1v) is 5.89. The Kier molecular flexibility index (Phi) is 3.07. The third-order valence-electron chi connectivity index (χ3n) is 3.40. The van der Waals surface area contributed by atoms with E-state index in [0.29, 0.717) is 0 Å². The van der Waals surface area contributed by atoms with Crippen LogP contribution in [0.5, 0.6) is 0 Å². The predicted molar refractivity (Wildman–Crippen MR) is 70.1 cm³/mol. The van der Waals surface area contributed by atoms with Crippen molar-refractivity contribution in [3.8, 4) is 0 Å². The number of nitrogens with two attached hydrogens (primary N) is 1. The number of rotatable bonds is 2. The summed E-state index contributed by atoms with van der Waals surface area (Å²) >= 11 is 0. The highest BCUT2D eigenvalue weighted by molar-refractivity contribution is 5.41. The first-order chi connectivity index (χ1) is 8.00. The maximum atomic E-state index is 6.34. The van der Waals surface area contributed by atoms with Gasteiger partial charge in [-0.1, -0.05) is 18.2 Å². The molecule has 0 fully saturated rings. The zero-order chi connectivity index (χ0) is 12.6. The van der Waals surface area contributed by atoms with Crippen molar-refractivity contribution < 1.29 is 4.42 Å². The highest BCUT2D eigenvalue weighted by Crippen LogP contribution is 2.28. The van der Waals surface area contributed by atoms with Crippen LogP contribution in [0.25, 0.3) is 0 Å². The van der Waals surface area contributed by atoms with Gasteiger partial charge >= 0.3 is 0 Å². The molecule has 0 amide bonds. The van der Waals surface area contributed by atoms with Crippen LogP contribution < -0.4 is 5.73 Å². The molecule has 2 heteroatoms. The Morgan fingerprint density at radius 2 is 1.76 bits per heavy atom. The van der Waals surface area contributed by atoms with Crippen LogP contribution in [0.1, 0.15) is 39.8 Å². The van der Waals surface area contributed by atoms with Crippen molar-refractivity contribution in [3.05, 3.63) is 58.0 Å². The minimum Gasteiger partial charge on any atom is -0.466 e. The van der Waals surface area contributed by atoms with Gasteiger partial charge in [-0.2, -0.15) is 0 Å². The topological polar surface area (TPSA) is 39.2 Å². The van der Waals surface area contributed by atoms with E-state index in [1.807, 2.05) is 19.9 Å². The van der Waals surface area contributed by atoms with Crippen molar-refractivity contribution in [3.63, 3.8) is 0 Å². The molecule has 0 radical (unpaired) electrons. The number of benzene rings is 1. The SMILES string of the molecule is Cc1cc(C(N)c2cccc(C)c2C)c(C)o1. The summed E-state index contributed by atoms with van der Waals surface area (Å²) in [5.74, 6) is 1.83. The Labute approximate surface area is 102 Å². The smallest absolute Gasteiger partial charge is 0.106 e. The average molecular weight is 229 g/mol. The lowest BCUT2D eigenvalue weighted by molar-refractivity contribution is 0.499. The molecule has 0 saturated heterocycles. The van der Waals surface area contributed by atoms with Gasteiger partial charge in [-0.15, -0.1) is 0 Å². The fourth-order valence-electron chi connectivity index (χ4n) is 2.24. The number of furan rings is 1. The van der Waals surface area contributed by atoms with Gasteiger partial charge in [-0.3, -0.25) is 0 Å². The number of hydrogen-bond acceptors (Lipinski definition) is 2. The Balaban J connectivity index is 2.47. The molecule has 2 rings (SSSR count). The van der Waals surface area contributed by atoms with Crippen LogP contribution in [-0.4, -0.2) is 0 Å². The number of aryl methyl sites for hydroxylation is 3. The maximum absolute atomic E-state index is 6.34. The van der Waals surface area contributed by atoms with Gasteiger partial charge in [-0.05, 0) is 50.5 Å². The number of hydrogen-bond donors (Lipinski definition) is 1. The monoisotopic (exact) mass is 229 g/mol. The van der Waals surface area contributed by atoms with E-state index in [2.05, 4.69) is 32.0 Å². The second-order valence-electron chi connectivity index (χ2n) is 4.64. The molecular weight excluding hydrogens is 210 g/mol. The summed E-state index contributed by atoms with van der Waals surface area (Å²) in [5.41, 5.74) is 11.1. The largest absolute Gasteiger partial charge is 0.466 e. The van der Waals surface area contributed by atoms with Crippen molar-refractivity contribution in [2.75, 3.05) is 0 Å². The van der Waals surface area contributed by atoms with E-state index >= 15 is 0 Å². The highest BCUT2D eigenvalue weighted by atomic mass is 16.3. The highest BCUT2D eigenvalue weighted by Gasteiger charge is 2.17. The molecule has 0 aliphatic heterocycles. The van der Waals surface area contributed by atoms with Gasteiger partial charge in [0.2, 0.25) is 0 Å². The van der Waals surface area contributed by atoms with Crippen LogP contribution in [0, 0.1) is 27.7 Å². The molecule has 2 nitrogen and oxygen atoms in total. The predicted octanol–water partition coefficient (Wildman–Crippen LogP) is 3.56. The van der Waals surface area contributed by atoms with Crippen LogP contribution >= 0.6 is 0 Å². The fourth-order valence-corrected chi connectivity index (χ4v) is 2.24. The van der Waals surface area contributed by atoms with E-state index in [-0.39, 0.29) is 6.04 Å². The summed E-state index contributed by atoms with van der Waals surface area (Å²) in [5, 5.41) is 0. The summed E-state index contributed by atoms with van der Waals surface area (Å²) in [6.07, 6.45) is 0. The summed E-state index contributed by atoms with van der Waals surface area (Å²) in [7, 11) is 0. The molecule has 1 unspecified atom stereocenters.